The summed E-state index contributed by atoms with van der Waals surface area (Å²) in [5, 5.41) is 10.7. The highest BCUT2D eigenvalue weighted by molar-refractivity contribution is 6.34. The molecule has 0 heterocycles. The average Bonchev–Trinajstić information content (AvgIpc) is 3.08. The molecular formula is C23H16Cl3FN4O2. The van der Waals surface area contributed by atoms with Gasteiger partial charge < -0.3 is 10.6 Å². The van der Waals surface area contributed by atoms with E-state index >= 15 is 0 Å². The third-order valence-electron chi connectivity index (χ3n) is 4.94. The number of hydrazone groups is 1. The Morgan fingerprint density at radius 1 is 0.970 bits per heavy atom. The summed E-state index contributed by atoms with van der Waals surface area (Å²) in [6.07, 6.45) is 0.400. The van der Waals surface area contributed by atoms with Crippen molar-refractivity contribution >= 4 is 58.1 Å². The predicted octanol–water partition coefficient (Wildman–Crippen LogP) is 5.67. The Balaban J connectivity index is 1.55. The van der Waals surface area contributed by atoms with Crippen LogP contribution in [0.15, 0.2) is 65.8 Å². The average molecular weight is 506 g/mol. The van der Waals surface area contributed by atoms with E-state index in [2.05, 4.69) is 21.2 Å². The molecule has 1 atom stereocenters. The van der Waals surface area contributed by atoms with E-state index in [-0.39, 0.29) is 10.6 Å². The molecule has 0 saturated carbocycles. The monoisotopic (exact) mass is 504 g/mol. The fraction of sp³-hybridized carbons (Fsp3) is 0.0870. The molecule has 10 heteroatoms. The fourth-order valence-electron chi connectivity index (χ4n) is 3.49. The molecule has 33 heavy (non-hydrogen) atoms. The van der Waals surface area contributed by atoms with Crippen LogP contribution < -0.4 is 16.1 Å². The van der Waals surface area contributed by atoms with Crippen molar-refractivity contribution < 1.29 is 14.0 Å². The lowest BCUT2D eigenvalue weighted by Crippen LogP contribution is -2.40. The molecule has 3 N–H and O–H groups in total. The molecule has 3 amide bonds. The highest BCUT2D eigenvalue weighted by atomic mass is 35.5. The van der Waals surface area contributed by atoms with E-state index in [1.165, 1.54) is 6.07 Å². The molecule has 3 aromatic rings. The van der Waals surface area contributed by atoms with Crippen molar-refractivity contribution in [3.05, 3.63) is 98.2 Å². The molecule has 0 fully saturated rings. The fourth-order valence-corrected chi connectivity index (χ4v) is 4.13. The molecule has 1 aliphatic carbocycles. The number of nitrogens with one attached hydrogen (secondary N) is 3. The van der Waals surface area contributed by atoms with Gasteiger partial charge in [-0.25, -0.2) is 14.6 Å². The van der Waals surface area contributed by atoms with Crippen molar-refractivity contribution in [2.45, 2.75) is 12.5 Å². The Labute approximate surface area is 203 Å². The van der Waals surface area contributed by atoms with Gasteiger partial charge in [0.25, 0.3) is 5.91 Å². The summed E-state index contributed by atoms with van der Waals surface area (Å²) in [5.74, 6) is -1.04. The van der Waals surface area contributed by atoms with Gasteiger partial charge in [0.15, 0.2) is 0 Å². The molecule has 6 nitrogen and oxygen atoms in total. The second-order valence-corrected chi connectivity index (χ2v) is 8.51. The van der Waals surface area contributed by atoms with Crippen molar-refractivity contribution in [3.8, 4) is 0 Å². The Morgan fingerprint density at radius 3 is 2.52 bits per heavy atom. The molecule has 4 rings (SSSR count). The van der Waals surface area contributed by atoms with E-state index in [0.717, 1.165) is 23.3 Å². The van der Waals surface area contributed by atoms with Gasteiger partial charge in [-0.05, 0) is 60.5 Å². The first kappa shape index (κ1) is 23.0. The van der Waals surface area contributed by atoms with Gasteiger partial charge in [0.1, 0.15) is 5.82 Å². The number of hydrogen-bond acceptors (Lipinski definition) is 3. The zero-order chi connectivity index (χ0) is 23.5. The molecule has 0 aliphatic heterocycles. The van der Waals surface area contributed by atoms with Crippen LogP contribution in [0, 0.1) is 5.82 Å². The number of urea groups is 1. The van der Waals surface area contributed by atoms with Crippen molar-refractivity contribution in [1.29, 1.82) is 0 Å². The number of carbonyl (C=O) groups is 2. The van der Waals surface area contributed by atoms with E-state index in [1.54, 1.807) is 42.5 Å². The third kappa shape index (κ3) is 5.45. The zero-order valence-electron chi connectivity index (χ0n) is 16.8. The van der Waals surface area contributed by atoms with Crippen LogP contribution in [0.4, 0.5) is 14.9 Å². The molecule has 0 bridgehead atoms. The van der Waals surface area contributed by atoms with E-state index in [4.69, 9.17) is 34.8 Å². The van der Waals surface area contributed by atoms with Gasteiger partial charge in [0, 0.05) is 21.3 Å². The topological polar surface area (TPSA) is 82.6 Å². The van der Waals surface area contributed by atoms with Gasteiger partial charge in [0.05, 0.1) is 22.3 Å². The maximum Gasteiger partial charge on any atom is 0.339 e. The Kier molecular flexibility index (Phi) is 6.83. The minimum atomic E-state index is -0.584. The number of anilines is 1. The van der Waals surface area contributed by atoms with Crippen LogP contribution in [0.5, 0.6) is 0 Å². The normalized spacial score (nSPS) is 15.8. The molecular weight excluding hydrogens is 490 g/mol. The summed E-state index contributed by atoms with van der Waals surface area (Å²) >= 11 is 18.1. The molecule has 0 aromatic heterocycles. The largest absolute Gasteiger partial charge is 0.343 e. The zero-order valence-corrected chi connectivity index (χ0v) is 19.1. The van der Waals surface area contributed by atoms with Crippen LogP contribution in [-0.4, -0.2) is 23.7 Å². The standard InChI is InChI=1S/C23H16Cl3FN4O2/c24-13-2-1-3-16(10-13)28-23(33)31-30-21-17-6-4-14(25)8-12(17)9-20(21)29-22(32)18-7-5-15(27)11-19(18)26/h1-8,10-11,20H,9H2,(H,29,32)(H2,28,31,33)/b30-21+. The molecule has 1 unspecified atom stereocenters. The van der Waals surface area contributed by atoms with Crippen LogP contribution in [0.1, 0.15) is 21.5 Å². The van der Waals surface area contributed by atoms with Crippen molar-refractivity contribution in [3.63, 3.8) is 0 Å². The minimum Gasteiger partial charge on any atom is -0.343 e. The van der Waals surface area contributed by atoms with Crippen LogP contribution in [0.2, 0.25) is 15.1 Å². The second-order valence-electron chi connectivity index (χ2n) is 7.23. The predicted molar refractivity (Wildman–Crippen MR) is 128 cm³/mol. The quantitative estimate of drug-likeness (QED) is 0.400. The van der Waals surface area contributed by atoms with Gasteiger partial charge >= 0.3 is 6.03 Å². The number of fused-ring (bicyclic) bond motifs is 1. The smallest absolute Gasteiger partial charge is 0.339 e. The van der Waals surface area contributed by atoms with Gasteiger partial charge in [-0.1, -0.05) is 46.9 Å². The van der Waals surface area contributed by atoms with E-state index in [0.29, 0.717) is 27.9 Å². The summed E-state index contributed by atoms with van der Waals surface area (Å²) in [5.41, 5.74) is 5.09. The van der Waals surface area contributed by atoms with Crippen molar-refractivity contribution in [2.75, 3.05) is 5.32 Å². The second kappa shape index (κ2) is 9.79. The maximum absolute atomic E-state index is 13.3. The third-order valence-corrected chi connectivity index (χ3v) is 5.72. The summed E-state index contributed by atoms with van der Waals surface area (Å²) in [7, 11) is 0. The molecule has 3 aromatic carbocycles. The number of halogens is 4. The van der Waals surface area contributed by atoms with Crippen molar-refractivity contribution in [2.24, 2.45) is 5.10 Å². The number of hydrogen-bond donors (Lipinski definition) is 3. The molecule has 0 saturated heterocycles. The summed E-state index contributed by atoms with van der Waals surface area (Å²) < 4.78 is 13.3. The summed E-state index contributed by atoms with van der Waals surface area (Å²) in [6.45, 7) is 0. The first-order chi connectivity index (χ1) is 15.8. The molecule has 168 valence electrons. The van der Waals surface area contributed by atoms with Gasteiger partial charge in [-0.3, -0.25) is 4.79 Å². The van der Waals surface area contributed by atoms with Crippen LogP contribution in [-0.2, 0) is 6.42 Å². The highest BCUT2D eigenvalue weighted by Crippen LogP contribution is 2.27. The van der Waals surface area contributed by atoms with Gasteiger partial charge in [-0.15, -0.1) is 0 Å². The number of carbonyl (C=O) groups excluding carboxylic acids is 2. The van der Waals surface area contributed by atoms with Crippen LogP contribution in [0.25, 0.3) is 0 Å². The summed E-state index contributed by atoms with van der Waals surface area (Å²) in [6, 6.07) is 14.3. The Morgan fingerprint density at radius 2 is 1.76 bits per heavy atom. The van der Waals surface area contributed by atoms with E-state index in [1.807, 2.05) is 0 Å². The lowest BCUT2D eigenvalue weighted by molar-refractivity contribution is 0.0947. The van der Waals surface area contributed by atoms with E-state index < -0.39 is 23.8 Å². The number of amides is 3. The molecule has 1 aliphatic rings. The van der Waals surface area contributed by atoms with Crippen LogP contribution >= 0.6 is 34.8 Å². The van der Waals surface area contributed by atoms with Gasteiger partial charge in [-0.2, -0.15) is 5.10 Å². The lowest BCUT2D eigenvalue weighted by Gasteiger charge is -2.15. The lowest BCUT2D eigenvalue weighted by atomic mass is 10.1. The maximum atomic E-state index is 13.3. The molecule has 0 spiro atoms. The SMILES string of the molecule is O=C(N/N=C1\c2ccc(Cl)cc2CC1NC(=O)c1ccc(F)cc1Cl)Nc1cccc(Cl)c1. The highest BCUT2D eigenvalue weighted by Gasteiger charge is 2.31. The van der Waals surface area contributed by atoms with E-state index in [9.17, 15) is 14.0 Å². The number of benzene rings is 3. The first-order valence-electron chi connectivity index (χ1n) is 9.75. The number of rotatable bonds is 4. The molecule has 0 radical (unpaired) electrons. The number of nitrogens with zero attached hydrogens (tertiary/aromatic N) is 1. The van der Waals surface area contributed by atoms with Gasteiger partial charge in [0.2, 0.25) is 0 Å². The first-order valence-corrected chi connectivity index (χ1v) is 10.9. The summed E-state index contributed by atoms with van der Waals surface area (Å²) in [4.78, 5) is 25.1. The van der Waals surface area contributed by atoms with Crippen molar-refractivity contribution in [1.82, 2.24) is 10.7 Å². The van der Waals surface area contributed by atoms with Crippen LogP contribution in [0.3, 0.4) is 0 Å². The minimum absolute atomic E-state index is 0.0106. The Hall–Kier alpha value is -3.13. The Bertz CT molecular complexity index is 1280.